The first-order chi connectivity index (χ1) is 9.38. The van der Waals surface area contributed by atoms with Crippen LogP contribution < -0.4 is 0 Å². The van der Waals surface area contributed by atoms with Crippen LogP contribution in [0.1, 0.15) is 10.4 Å². The molecule has 0 amide bonds. The lowest BCUT2D eigenvalue weighted by molar-refractivity contribution is -0.174. The van der Waals surface area contributed by atoms with Crippen molar-refractivity contribution in [2.24, 2.45) is 0 Å². The predicted molar refractivity (Wildman–Crippen MR) is 61.4 cm³/mol. The number of hydrogen-bond acceptors (Lipinski definition) is 4. The topological polar surface area (TPSA) is 77.2 Å². The van der Waals surface area contributed by atoms with Crippen molar-refractivity contribution in [2.75, 3.05) is 13.2 Å². The molecule has 1 aromatic heterocycles. The highest BCUT2D eigenvalue weighted by Gasteiger charge is 2.27. The summed E-state index contributed by atoms with van der Waals surface area (Å²) in [6.07, 6.45) is -4.37. The zero-order valence-corrected chi connectivity index (χ0v) is 10.1. The summed E-state index contributed by atoms with van der Waals surface area (Å²) in [7, 11) is 0. The Morgan fingerprint density at radius 3 is 2.80 bits per heavy atom. The maximum absolute atomic E-state index is 11.9. The van der Waals surface area contributed by atoms with Crippen molar-refractivity contribution in [3.63, 3.8) is 0 Å². The fraction of sp³-hybridized carbons (Fsp3) is 0.364. The van der Waals surface area contributed by atoms with Gasteiger partial charge in [0.2, 0.25) is 0 Å². The van der Waals surface area contributed by atoms with Gasteiger partial charge in [-0.1, -0.05) is 11.3 Å². The van der Waals surface area contributed by atoms with Crippen molar-refractivity contribution < 1.29 is 27.8 Å². The van der Waals surface area contributed by atoms with Crippen molar-refractivity contribution in [3.05, 3.63) is 23.8 Å². The summed E-state index contributed by atoms with van der Waals surface area (Å²) in [5, 5.41) is 16.4. The van der Waals surface area contributed by atoms with Crippen LogP contribution in [-0.4, -0.2) is 45.5 Å². The number of fused-ring (bicyclic) bond motifs is 1. The van der Waals surface area contributed by atoms with Crippen molar-refractivity contribution >= 4 is 17.0 Å². The van der Waals surface area contributed by atoms with Gasteiger partial charge in [-0.3, -0.25) is 0 Å². The van der Waals surface area contributed by atoms with E-state index < -0.39 is 18.8 Å². The van der Waals surface area contributed by atoms with Gasteiger partial charge in [-0.15, -0.1) is 5.10 Å². The van der Waals surface area contributed by atoms with Crippen molar-refractivity contribution in [1.29, 1.82) is 0 Å². The van der Waals surface area contributed by atoms with Gasteiger partial charge in [0, 0.05) is 0 Å². The van der Waals surface area contributed by atoms with Crippen LogP contribution in [0, 0.1) is 0 Å². The van der Waals surface area contributed by atoms with Crippen LogP contribution in [0.2, 0.25) is 0 Å². The van der Waals surface area contributed by atoms with Crippen molar-refractivity contribution in [3.8, 4) is 0 Å². The minimum atomic E-state index is -4.37. The van der Waals surface area contributed by atoms with Crippen LogP contribution in [0.15, 0.2) is 18.2 Å². The molecule has 0 unspecified atom stereocenters. The Hall–Kier alpha value is -2.16. The van der Waals surface area contributed by atoms with Crippen molar-refractivity contribution in [1.82, 2.24) is 15.0 Å². The molecule has 108 valence electrons. The van der Waals surface area contributed by atoms with Crippen LogP contribution in [-0.2, 0) is 11.3 Å². The van der Waals surface area contributed by atoms with E-state index in [1.54, 1.807) is 6.07 Å². The van der Waals surface area contributed by atoms with Gasteiger partial charge < -0.3 is 9.84 Å². The molecule has 20 heavy (non-hydrogen) atoms. The number of ether oxygens (including phenoxy) is 1. The fourth-order valence-electron chi connectivity index (χ4n) is 1.67. The largest absolute Gasteiger partial charge is 0.478 e. The average Bonchev–Trinajstić information content (AvgIpc) is 2.76. The standard InChI is InChI=1S/C11H10F3N3O3/c12-11(13,14)6-20-5-4-17-8-3-1-2-7(10(18)19)9(8)15-16-17/h1-3H,4-6H2,(H,18,19). The highest BCUT2D eigenvalue weighted by molar-refractivity contribution is 6.00. The van der Waals surface area contributed by atoms with E-state index in [-0.39, 0.29) is 24.2 Å². The van der Waals surface area contributed by atoms with E-state index in [4.69, 9.17) is 5.11 Å². The summed E-state index contributed by atoms with van der Waals surface area (Å²) >= 11 is 0. The molecule has 0 aliphatic heterocycles. The lowest BCUT2D eigenvalue weighted by atomic mass is 10.2. The number of halogens is 3. The van der Waals surface area contributed by atoms with E-state index in [9.17, 15) is 18.0 Å². The smallest absolute Gasteiger partial charge is 0.411 e. The van der Waals surface area contributed by atoms with Gasteiger partial charge in [-0.05, 0) is 12.1 Å². The molecule has 0 bridgehead atoms. The summed E-state index contributed by atoms with van der Waals surface area (Å²) in [6, 6.07) is 4.48. The molecular weight excluding hydrogens is 279 g/mol. The van der Waals surface area contributed by atoms with Crippen molar-refractivity contribution in [2.45, 2.75) is 12.7 Å². The summed E-state index contributed by atoms with van der Waals surface area (Å²) in [5.41, 5.74) is 0.612. The van der Waals surface area contributed by atoms with Gasteiger partial charge in [0.25, 0.3) is 0 Å². The van der Waals surface area contributed by atoms with Crippen LogP contribution in [0.5, 0.6) is 0 Å². The second-order valence-electron chi connectivity index (χ2n) is 3.96. The SMILES string of the molecule is O=C(O)c1cccc2c1nnn2CCOCC(F)(F)F. The first-order valence-corrected chi connectivity index (χ1v) is 5.58. The third kappa shape index (κ3) is 3.23. The molecule has 0 atom stereocenters. The highest BCUT2D eigenvalue weighted by atomic mass is 19.4. The van der Waals surface area contributed by atoms with Gasteiger partial charge in [0.1, 0.15) is 12.1 Å². The number of aromatic nitrogens is 3. The number of carboxylic acid groups (broad SMARTS) is 1. The first-order valence-electron chi connectivity index (χ1n) is 5.58. The monoisotopic (exact) mass is 289 g/mol. The van der Waals surface area contributed by atoms with Crippen LogP contribution >= 0.6 is 0 Å². The molecule has 1 heterocycles. The molecule has 0 saturated carbocycles. The van der Waals surface area contributed by atoms with E-state index in [2.05, 4.69) is 15.0 Å². The minimum Gasteiger partial charge on any atom is -0.478 e. The van der Waals surface area contributed by atoms with Gasteiger partial charge >= 0.3 is 12.1 Å². The lowest BCUT2D eigenvalue weighted by Gasteiger charge is -2.07. The average molecular weight is 289 g/mol. The quantitative estimate of drug-likeness (QED) is 0.848. The Balaban J connectivity index is 2.08. The number of carbonyl (C=O) groups is 1. The number of rotatable bonds is 5. The Morgan fingerprint density at radius 1 is 1.40 bits per heavy atom. The Labute approximate surface area is 110 Å². The molecule has 0 spiro atoms. The summed E-state index contributed by atoms with van der Waals surface area (Å²) in [4.78, 5) is 11.0. The second-order valence-corrected chi connectivity index (χ2v) is 3.96. The normalized spacial score (nSPS) is 11.9. The molecular formula is C11H10F3N3O3. The van der Waals surface area contributed by atoms with Crippen LogP contribution in [0.3, 0.4) is 0 Å². The zero-order chi connectivity index (χ0) is 14.8. The number of carboxylic acids is 1. The summed E-state index contributed by atoms with van der Waals surface area (Å²) in [5.74, 6) is -1.14. The first kappa shape index (κ1) is 14.3. The Kier molecular flexibility index (Phi) is 3.89. The molecule has 9 heteroatoms. The van der Waals surface area contributed by atoms with E-state index in [0.717, 1.165) is 0 Å². The third-order valence-electron chi connectivity index (χ3n) is 2.49. The molecule has 2 rings (SSSR count). The molecule has 1 N–H and O–H groups in total. The fourth-order valence-corrected chi connectivity index (χ4v) is 1.67. The maximum atomic E-state index is 11.9. The molecule has 2 aromatic rings. The third-order valence-corrected chi connectivity index (χ3v) is 2.49. The van der Waals surface area contributed by atoms with E-state index in [0.29, 0.717) is 5.52 Å². The molecule has 1 aromatic carbocycles. The molecule has 0 fully saturated rings. The Bertz CT molecular complexity index is 624. The Morgan fingerprint density at radius 2 is 2.15 bits per heavy atom. The summed E-state index contributed by atoms with van der Waals surface area (Å²) < 4.78 is 41.4. The number of aromatic carboxylic acids is 1. The van der Waals surface area contributed by atoms with Crippen LogP contribution in [0.4, 0.5) is 13.2 Å². The summed E-state index contributed by atoms with van der Waals surface area (Å²) in [6.45, 7) is -1.48. The molecule has 0 aliphatic rings. The number of alkyl halides is 3. The molecule has 0 saturated heterocycles. The number of hydrogen-bond donors (Lipinski definition) is 1. The van der Waals surface area contributed by atoms with Gasteiger partial charge in [0.05, 0.1) is 24.2 Å². The van der Waals surface area contributed by atoms with Crippen LogP contribution in [0.25, 0.3) is 11.0 Å². The minimum absolute atomic E-state index is 0.00930. The zero-order valence-electron chi connectivity index (χ0n) is 10.1. The van der Waals surface area contributed by atoms with E-state index in [1.165, 1.54) is 16.8 Å². The van der Waals surface area contributed by atoms with E-state index in [1.807, 2.05) is 0 Å². The highest BCUT2D eigenvalue weighted by Crippen LogP contribution is 2.17. The lowest BCUT2D eigenvalue weighted by Crippen LogP contribution is -2.19. The molecule has 6 nitrogen and oxygen atoms in total. The number of nitrogens with zero attached hydrogens (tertiary/aromatic N) is 3. The van der Waals surface area contributed by atoms with Gasteiger partial charge in [-0.25, -0.2) is 9.48 Å². The van der Waals surface area contributed by atoms with Gasteiger partial charge in [-0.2, -0.15) is 13.2 Å². The van der Waals surface area contributed by atoms with Gasteiger partial charge in [0.15, 0.2) is 0 Å². The molecule has 0 radical (unpaired) electrons. The molecule has 0 aliphatic carbocycles. The predicted octanol–water partition coefficient (Wildman–Crippen LogP) is 1.71. The van der Waals surface area contributed by atoms with E-state index >= 15 is 0 Å². The maximum Gasteiger partial charge on any atom is 0.411 e. The second kappa shape index (κ2) is 5.45. The number of benzene rings is 1.